The van der Waals surface area contributed by atoms with E-state index in [-0.39, 0.29) is 0 Å². The Bertz CT molecular complexity index is 502. The Balaban J connectivity index is 1.48. The molecule has 0 radical (unpaired) electrons. The Morgan fingerprint density at radius 2 is 2.28 bits per heavy atom. The van der Waals surface area contributed by atoms with Gasteiger partial charge in [0.25, 0.3) is 0 Å². The summed E-state index contributed by atoms with van der Waals surface area (Å²) in [5.41, 5.74) is 2.81. The van der Waals surface area contributed by atoms with E-state index >= 15 is 0 Å². The standard InChI is InChI=1S/C13H17N5/c1-9-3-2-4-10(5-9)11-6-12(7-11)14-8-13-15-17-18-16-13/h2-5,11-12,14H,6-8H2,1H3,(H,15,16,17,18). The highest BCUT2D eigenvalue weighted by atomic mass is 15.5. The molecule has 0 amide bonds. The fourth-order valence-corrected chi connectivity index (χ4v) is 2.47. The molecule has 1 aromatic heterocycles. The molecule has 0 unspecified atom stereocenters. The maximum absolute atomic E-state index is 3.93. The maximum atomic E-state index is 3.93. The van der Waals surface area contributed by atoms with Gasteiger partial charge in [-0.2, -0.15) is 5.21 Å². The molecular weight excluding hydrogens is 226 g/mol. The van der Waals surface area contributed by atoms with E-state index in [0.29, 0.717) is 18.5 Å². The van der Waals surface area contributed by atoms with Crippen molar-refractivity contribution in [2.24, 2.45) is 0 Å². The van der Waals surface area contributed by atoms with Gasteiger partial charge in [0.1, 0.15) is 0 Å². The topological polar surface area (TPSA) is 66.5 Å². The minimum atomic E-state index is 0.578. The first-order valence-corrected chi connectivity index (χ1v) is 6.33. The number of nitrogens with one attached hydrogen (secondary N) is 2. The summed E-state index contributed by atoms with van der Waals surface area (Å²) >= 11 is 0. The van der Waals surface area contributed by atoms with Crippen LogP contribution in [0.3, 0.4) is 0 Å². The molecule has 1 fully saturated rings. The van der Waals surface area contributed by atoms with E-state index in [1.54, 1.807) is 0 Å². The Kier molecular flexibility index (Phi) is 3.06. The molecule has 0 spiro atoms. The molecule has 0 bridgehead atoms. The van der Waals surface area contributed by atoms with Crippen molar-refractivity contribution in [3.8, 4) is 0 Å². The van der Waals surface area contributed by atoms with Gasteiger partial charge in [-0.15, -0.1) is 10.2 Å². The van der Waals surface area contributed by atoms with E-state index in [0.717, 1.165) is 5.82 Å². The van der Waals surface area contributed by atoms with E-state index in [4.69, 9.17) is 0 Å². The molecule has 1 aliphatic rings. The third-order valence-electron chi connectivity index (χ3n) is 3.59. The Hall–Kier alpha value is -1.75. The fraction of sp³-hybridized carbons (Fsp3) is 0.462. The summed E-state index contributed by atoms with van der Waals surface area (Å²) < 4.78 is 0. The predicted octanol–water partition coefficient (Wildman–Crippen LogP) is 1.54. The number of H-pyrrole nitrogens is 1. The van der Waals surface area contributed by atoms with E-state index in [1.807, 2.05) is 0 Å². The summed E-state index contributed by atoms with van der Waals surface area (Å²) in [6.45, 7) is 2.84. The molecule has 5 heteroatoms. The molecule has 1 aromatic carbocycles. The number of aromatic nitrogens is 4. The third-order valence-corrected chi connectivity index (χ3v) is 3.59. The first kappa shape index (κ1) is 11.3. The molecule has 5 nitrogen and oxygen atoms in total. The molecule has 0 saturated heterocycles. The van der Waals surface area contributed by atoms with Crippen LogP contribution in [0.5, 0.6) is 0 Å². The largest absolute Gasteiger partial charge is 0.307 e. The number of benzene rings is 1. The van der Waals surface area contributed by atoms with Gasteiger partial charge < -0.3 is 5.32 Å². The summed E-state index contributed by atoms with van der Waals surface area (Å²) in [7, 11) is 0. The van der Waals surface area contributed by atoms with Crippen LogP contribution in [-0.4, -0.2) is 26.7 Å². The van der Waals surface area contributed by atoms with Crippen molar-refractivity contribution in [3.05, 3.63) is 41.2 Å². The summed E-state index contributed by atoms with van der Waals surface area (Å²) in [6, 6.07) is 9.39. The van der Waals surface area contributed by atoms with Gasteiger partial charge in [0.2, 0.25) is 0 Å². The highest BCUT2D eigenvalue weighted by Gasteiger charge is 2.29. The molecule has 3 rings (SSSR count). The summed E-state index contributed by atoms with van der Waals surface area (Å²) in [5.74, 6) is 1.43. The van der Waals surface area contributed by atoms with Gasteiger partial charge in [0, 0.05) is 6.04 Å². The third kappa shape index (κ3) is 2.41. The minimum Gasteiger partial charge on any atom is -0.307 e. The number of hydrogen-bond donors (Lipinski definition) is 2. The van der Waals surface area contributed by atoms with Crippen molar-refractivity contribution in [1.29, 1.82) is 0 Å². The number of aryl methyl sites for hydroxylation is 1. The summed E-state index contributed by atoms with van der Waals surface area (Å²) in [5, 5.41) is 17.3. The molecular formula is C13H17N5. The van der Waals surface area contributed by atoms with Crippen molar-refractivity contribution in [1.82, 2.24) is 25.9 Å². The second-order valence-corrected chi connectivity index (χ2v) is 4.99. The molecule has 0 aliphatic heterocycles. The summed E-state index contributed by atoms with van der Waals surface area (Å²) in [4.78, 5) is 0. The first-order chi connectivity index (χ1) is 8.81. The lowest BCUT2D eigenvalue weighted by molar-refractivity contribution is 0.287. The van der Waals surface area contributed by atoms with Crippen molar-refractivity contribution < 1.29 is 0 Å². The van der Waals surface area contributed by atoms with E-state index in [1.165, 1.54) is 24.0 Å². The van der Waals surface area contributed by atoms with Crippen LogP contribution in [-0.2, 0) is 6.54 Å². The zero-order chi connectivity index (χ0) is 12.4. The Labute approximate surface area is 106 Å². The maximum Gasteiger partial charge on any atom is 0.188 e. The lowest BCUT2D eigenvalue weighted by Crippen LogP contribution is -2.39. The second kappa shape index (κ2) is 4.86. The van der Waals surface area contributed by atoms with Crippen molar-refractivity contribution in [2.45, 2.75) is 38.3 Å². The van der Waals surface area contributed by atoms with Gasteiger partial charge in [-0.05, 0) is 31.2 Å². The quantitative estimate of drug-likeness (QED) is 0.855. The fourth-order valence-electron chi connectivity index (χ4n) is 2.47. The smallest absolute Gasteiger partial charge is 0.188 e. The van der Waals surface area contributed by atoms with Crippen LogP contribution in [0, 0.1) is 6.92 Å². The number of nitrogens with zero attached hydrogens (tertiary/aromatic N) is 3. The number of hydrogen-bond acceptors (Lipinski definition) is 4. The Morgan fingerprint density at radius 3 is 3.00 bits per heavy atom. The van der Waals surface area contributed by atoms with E-state index in [9.17, 15) is 0 Å². The highest BCUT2D eigenvalue weighted by molar-refractivity contribution is 5.27. The second-order valence-electron chi connectivity index (χ2n) is 4.99. The molecule has 1 saturated carbocycles. The zero-order valence-corrected chi connectivity index (χ0v) is 10.4. The van der Waals surface area contributed by atoms with Crippen molar-refractivity contribution >= 4 is 0 Å². The van der Waals surface area contributed by atoms with Crippen LogP contribution >= 0.6 is 0 Å². The van der Waals surface area contributed by atoms with E-state index < -0.39 is 0 Å². The lowest BCUT2D eigenvalue weighted by atomic mass is 9.75. The molecule has 2 N–H and O–H groups in total. The molecule has 1 aliphatic carbocycles. The highest BCUT2D eigenvalue weighted by Crippen LogP contribution is 2.37. The average molecular weight is 243 g/mol. The van der Waals surface area contributed by atoms with Gasteiger partial charge in [-0.25, -0.2) is 0 Å². The van der Waals surface area contributed by atoms with E-state index in [2.05, 4.69) is 57.1 Å². The predicted molar refractivity (Wildman–Crippen MR) is 68.0 cm³/mol. The normalized spacial score (nSPS) is 22.7. The number of rotatable bonds is 4. The molecule has 18 heavy (non-hydrogen) atoms. The Morgan fingerprint density at radius 1 is 1.39 bits per heavy atom. The van der Waals surface area contributed by atoms with Crippen LogP contribution in [0.4, 0.5) is 0 Å². The first-order valence-electron chi connectivity index (χ1n) is 6.33. The van der Waals surface area contributed by atoms with Crippen LogP contribution in [0.15, 0.2) is 24.3 Å². The molecule has 0 atom stereocenters. The molecule has 1 heterocycles. The van der Waals surface area contributed by atoms with Gasteiger partial charge in [-0.1, -0.05) is 35.0 Å². The number of tetrazole rings is 1. The van der Waals surface area contributed by atoms with Crippen molar-refractivity contribution in [2.75, 3.05) is 0 Å². The van der Waals surface area contributed by atoms with Crippen LogP contribution in [0.25, 0.3) is 0 Å². The number of aromatic amines is 1. The van der Waals surface area contributed by atoms with Gasteiger partial charge in [0.05, 0.1) is 6.54 Å². The van der Waals surface area contributed by atoms with Gasteiger partial charge >= 0.3 is 0 Å². The van der Waals surface area contributed by atoms with Crippen molar-refractivity contribution in [3.63, 3.8) is 0 Å². The molecule has 94 valence electrons. The lowest BCUT2D eigenvalue weighted by Gasteiger charge is -2.36. The van der Waals surface area contributed by atoms with Crippen LogP contribution < -0.4 is 5.32 Å². The van der Waals surface area contributed by atoms with Crippen LogP contribution in [0.1, 0.15) is 35.7 Å². The van der Waals surface area contributed by atoms with Gasteiger partial charge in [0.15, 0.2) is 5.82 Å². The molecule has 2 aromatic rings. The van der Waals surface area contributed by atoms with Crippen LogP contribution in [0.2, 0.25) is 0 Å². The van der Waals surface area contributed by atoms with Gasteiger partial charge in [-0.3, -0.25) is 0 Å². The summed E-state index contributed by atoms with van der Waals surface area (Å²) in [6.07, 6.45) is 2.39. The monoisotopic (exact) mass is 243 g/mol. The zero-order valence-electron chi connectivity index (χ0n) is 10.4. The minimum absolute atomic E-state index is 0.578. The SMILES string of the molecule is Cc1cccc(C2CC(NCc3nn[nH]n3)C2)c1. The average Bonchev–Trinajstić information content (AvgIpc) is 2.80.